The van der Waals surface area contributed by atoms with E-state index in [1.807, 2.05) is 23.1 Å². The first kappa shape index (κ1) is 21.1. The van der Waals surface area contributed by atoms with Crippen LogP contribution < -0.4 is 5.32 Å². The molecule has 2 heterocycles. The van der Waals surface area contributed by atoms with Crippen LogP contribution in [0.4, 0.5) is 5.69 Å². The first-order valence-electron chi connectivity index (χ1n) is 10.4. The van der Waals surface area contributed by atoms with Crippen molar-refractivity contribution in [3.63, 3.8) is 0 Å². The number of anilines is 1. The smallest absolute Gasteiger partial charge is 0.276 e. The van der Waals surface area contributed by atoms with Crippen LogP contribution in [-0.4, -0.2) is 39.6 Å². The minimum Gasteiger partial charge on any atom is -0.338 e. The van der Waals surface area contributed by atoms with E-state index in [1.165, 1.54) is 0 Å². The SMILES string of the molecule is CC1CC(C)CN(C(=O)c2ccccc2NC(=O)c2ccn(-c3cccc(Cl)c3)n2)C1. The van der Waals surface area contributed by atoms with Gasteiger partial charge in [-0.3, -0.25) is 9.59 Å². The van der Waals surface area contributed by atoms with E-state index in [2.05, 4.69) is 24.3 Å². The van der Waals surface area contributed by atoms with E-state index >= 15 is 0 Å². The third kappa shape index (κ3) is 4.80. The molecule has 2 atom stereocenters. The van der Waals surface area contributed by atoms with Crippen LogP contribution in [0.15, 0.2) is 60.8 Å². The van der Waals surface area contributed by atoms with E-state index in [9.17, 15) is 9.59 Å². The number of likely N-dealkylation sites (tertiary alicyclic amines) is 1. The average molecular weight is 437 g/mol. The van der Waals surface area contributed by atoms with Crippen LogP contribution in [0.2, 0.25) is 5.02 Å². The summed E-state index contributed by atoms with van der Waals surface area (Å²) in [6, 6.07) is 16.0. The van der Waals surface area contributed by atoms with Crippen LogP contribution in [-0.2, 0) is 0 Å². The number of benzene rings is 2. The highest BCUT2D eigenvalue weighted by molar-refractivity contribution is 6.30. The monoisotopic (exact) mass is 436 g/mol. The number of hydrogen-bond acceptors (Lipinski definition) is 3. The lowest BCUT2D eigenvalue weighted by Gasteiger charge is -2.35. The minimum atomic E-state index is -0.374. The summed E-state index contributed by atoms with van der Waals surface area (Å²) in [5.41, 5.74) is 1.99. The molecule has 7 heteroatoms. The summed E-state index contributed by atoms with van der Waals surface area (Å²) in [4.78, 5) is 27.9. The molecule has 0 bridgehead atoms. The van der Waals surface area contributed by atoms with E-state index in [4.69, 9.17) is 11.6 Å². The summed E-state index contributed by atoms with van der Waals surface area (Å²) in [5, 5.41) is 7.80. The molecule has 1 N–H and O–H groups in total. The number of piperidine rings is 1. The zero-order valence-electron chi connectivity index (χ0n) is 17.6. The average Bonchev–Trinajstić information content (AvgIpc) is 3.23. The van der Waals surface area contributed by atoms with Gasteiger partial charge in [0.2, 0.25) is 0 Å². The Bertz CT molecular complexity index is 1100. The maximum Gasteiger partial charge on any atom is 0.276 e. The Morgan fingerprint density at radius 3 is 2.52 bits per heavy atom. The number of nitrogens with zero attached hydrogens (tertiary/aromatic N) is 3. The molecule has 1 saturated heterocycles. The summed E-state index contributed by atoms with van der Waals surface area (Å²) < 4.78 is 1.59. The second-order valence-corrected chi connectivity index (χ2v) is 8.72. The predicted molar refractivity (Wildman–Crippen MR) is 122 cm³/mol. The van der Waals surface area contributed by atoms with Gasteiger partial charge in [-0.25, -0.2) is 4.68 Å². The van der Waals surface area contributed by atoms with Crippen molar-refractivity contribution in [3.8, 4) is 5.69 Å². The van der Waals surface area contributed by atoms with E-state index < -0.39 is 0 Å². The number of amides is 2. The maximum atomic E-state index is 13.2. The van der Waals surface area contributed by atoms with Gasteiger partial charge in [-0.05, 0) is 54.7 Å². The van der Waals surface area contributed by atoms with E-state index in [-0.39, 0.29) is 17.5 Å². The van der Waals surface area contributed by atoms with Gasteiger partial charge >= 0.3 is 0 Å². The minimum absolute atomic E-state index is 0.0567. The molecule has 1 fully saturated rings. The van der Waals surface area contributed by atoms with Crippen molar-refractivity contribution in [2.75, 3.05) is 18.4 Å². The molecule has 31 heavy (non-hydrogen) atoms. The lowest BCUT2D eigenvalue weighted by Crippen LogP contribution is -2.42. The number of para-hydroxylation sites is 1. The van der Waals surface area contributed by atoms with Crippen molar-refractivity contribution in [1.29, 1.82) is 0 Å². The number of carbonyl (C=O) groups is 2. The highest BCUT2D eigenvalue weighted by Gasteiger charge is 2.27. The van der Waals surface area contributed by atoms with Gasteiger partial charge in [0.25, 0.3) is 11.8 Å². The second kappa shape index (κ2) is 8.94. The summed E-state index contributed by atoms with van der Waals surface area (Å²) in [6.07, 6.45) is 2.82. The first-order valence-corrected chi connectivity index (χ1v) is 10.8. The van der Waals surface area contributed by atoms with Crippen LogP contribution in [0.5, 0.6) is 0 Å². The fourth-order valence-corrected chi connectivity index (χ4v) is 4.36. The fraction of sp³-hybridized carbons (Fsp3) is 0.292. The van der Waals surface area contributed by atoms with Gasteiger partial charge in [-0.1, -0.05) is 43.6 Å². The molecule has 1 aliphatic heterocycles. The number of carbonyl (C=O) groups excluding carboxylic acids is 2. The highest BCUT2D eigenvalue weighted by atomic mass is 35.5. The summed E-state index contributed by atoms with van der Waals surface area (Å²) in [7, 11) is 0. The number of nitrogens with one attached hydrogen (secondary N) is 1. The first-order chi connectivity index (χ1) is 14.9. The predicted octanol–water partition coefficient (Wildman–Crippen LogP) is 4.90. The molecular weight excluding hydrogens is 412 g/mol. The molecule has 1 aliphatic rings. The number of aromatic nitrogens is 2. The van der Waals surface area contributed by atoms with Gasteiger partial charge in [-0.2, -0.15) is 5.10 Å². The van der Waals surface area contributed by atoms with Gasteiger partial charge in [0.1, 0.15) is 0 Å². The van der Waals surface area contributed by atoms with Crippen molar-refractivity contribution in [2.24, 2.45) is 11.8 Å². The molecule has 4 rings (SSSR count). The molecule has 2 amide bonds. The zero-order valence-corrected chi connectivity index (χ0v) is 18.3. The van der Waals surface area contributed by atoms with Gasteiger partial charge < -0.3 is 10.2 Å². The quantitative estimate of drug-likeness (QED) is 0.632. The largest absolute Gasteiger partial charge is 0.338 e. The molecule has 2 aromatic carbocycles. The Balaban J connectivity index is 1.53. The maximum absolute atomic E-state index is 13.2. The second-order valence-electron chi connectivity index (χ2n) is 8.28. The topological polar surface area (TPSA) is 67.2 Å². The van der Waals surface area contributed by atoms with Crippen LogP contribution in [0.3, 0.4) is 0 Å². The van der Waals surface area contributed by atoms with Crippen molar-refractivity contribution >= 4 is 29.1 Å². The van der Waals surface area contributed by atoms with Crippen molar-refractivity contribution in [3.05, 3.63) is 77.1 Å². The van der Waals surface area contributed by atoms with Gasteiger partial charge in [0.05, 0.1) is 16.9 Å². The third-order valence-electron chi connectivity index (χ3n) is 5.46. The van der Waals surface area contributed by atoms with E-state index in [0.29, 0.717) is 28.1 Å². The molecule has 160 valence electrons. The molecule has 0 saturated carbocycles. The zero-order chi connectivity index (χ0) is 22.0. The number of hydrogen-bond donors (Lipinski definition) is 1. The Morgan fingerprint density at radius 2 is 1.77 bits per heavy atom. The van der Waals surface area contributed by atoms with Crippen molar-refractivity contribution < 1.29 is 9.59 Å². The lowest BCUT2D eigenvalue weighted by molar-refractivity contribution is 0.0624. The van der Waals surface area contributed by atoms with Crippen LogP contribution in [0, 0.1) is 11.8 Å². The molecule has 0 spiro atoms. The number of halogens is 1. The molecule has 3 aromatic rings. The van der Waals surface area contributed by atoms with Crippen LogP contribution in [0.1, 0.15) is 41.1 Å². The normalized spacial score (nSPS) is 18.6. The van der Waals surface area contributed by atoms with Gasteiger partial charge in [-0.15, -0.1) is 0 Å². The molecular formula is C24H25ClN4O2. The summed E-state index contributed by atoms with van der Waals surface area (Å²) in [6.45, 7) is 5.80. The van der Waals surface area contributed by atoms with Crippen molar-refractivity contribution in [2.45, 2.75) is 20.3 Å². The molecule has 0 aliphatic carbocycles. The Labute approximate surface area is 186 Å². The lowest BCUT2D eigenvalue weighted by atomic mass is 9.91. The standard InChI is InChI=1S/C24H25ClN4O2/c1-16-12-17(2)15-28(14-16)24(31)20-8-3-4-9-21(20)26-23(30)22-10-11-29(27-22)19-7-5-6-18(25)13-19/h3-11,13,16-17H,12,14-15H2,1-2H3,(H,26,30). The third-order valence-corrected chi connectivity index (χ3v) is 5.69. The number of rotatable bonds is 4. The molecule has 1 aromatic heterocycles. The molecule has 0 radical (unpaired) electrons. The van der Waals surface area contributed by atoms with Crippen LogP contribution in [0.25, 0.3) is 5.69 Å². The van der Waals surface area contributed by atoms with E-state index in [1.54, 1.807) is 47.3 Å². The van der Waals surface area contributed by atoms with Gasteiger partial charge in [0.15, 0.2) is 5.69 Å². The Morgan fingerprint density at radius 1 is 1.03 bits per heavy atom. The van der Waals surface area contributed by atoms with Crippen LogP contribution >= 0.6 is 11.6 Å². The Kier molecular flexibility index (Phi) is 6.09. The molecule has 6 nitrogen and oxygen atoms in total. The molecule has 2 unspecified atom stereocenters. The van der Waals surface area contributed by atoms with Gasteiger partial charge in [0, 0.05) is 24.3 Å². The summed E-state index contributed by atoms with van der Waals surface area (Å²) >= 11 is 6.04. The Hall–Kier alpha value is -3.12. The highest BCUT2D eigenvalue weighted by Crippen LogP contribution is 2.25. The van der Waals surface area contributed by atoms with E-state index in [0.717, 1.165) is 25.2 Å². The van der Waals surface area contributed by atoms with Crippen molar-refractivity contribution in [1.82, 2.24) is 14.7 Å². The summed E-state index contributed by atoms with van der Waals surface area (Å²) in [5.74, 6) is 0.495. The fourth-order valence-electron chi connectivity index (χ4n) is 4.17.